The van der Waals surface area contributed by atoms with Crippen LogP contribution >= 0.6 is 57.3 Å². The van der Waals surface area contributed by atoms with E-state index in [1.165, 1.54) is 35.3 Å². The Kier molecular flexibility index (Phi) is 6.65. The molecule has 28 heavy (non-hydrogen) atoms. The minimum atomic E-state index is -4.04. The van der Waals surface area contributed by atoms with E-state index in [1.54, 1.807) is 12.1 Å². The molecule has 1 fully saturated rings. The fourth-order valence-corrected chi connectivity index (χ4v) is 6.38. The number of benzene rings is 1. The fourth-order valence-electron chi connectivity index (χ4n) is 2.22. The lowest BCUT2D eigenvalue weighted by molar-refractivity contribution is -0.121. The Morgan fingerprint density at radius 1 is 1.32 bits per heavy atom. The molecule has 0 unspecified atom stereocenters. The van der Waals surface area contributed by atoms with Crippen molar-refractivity contribution in [3.63, 3.8) is 0 Å². The highest BCUT2D eigenvalue weighted by molar-refractivity contribution is 14.1. The second-order valence-electron chi connectivity index (χ2n) is 5.37. The van der Waals surface area contributed by atoms with Crippen LogP contribution in [0.5, 0.6) is 0 Å². The summed E-state index contributed by atoms with van der Waals surface area (Å²) < 4.78 is 43.8. The summed E-state index contributed by atoms with van der Waals surface area (Å²) in [6.45, 7) is 3.65. The molecule has 0 radical (unpaired) electrons. The monoisotopic (exact) mass is 568 g/mol. The molecule has 1 aliphatic rings. The highest BCUT2D eigenvalue weighted by Crippen LogP contribution is 2.35. The van der Waals surface area contributed by atoms with Gasteiger partial charge in [0.25, 0.3) is 15.9 Å². The van der Waals surface area contributed by atoms with Crippen molar-refractivity contribution in [1.29, 1.82) is 0 Å². The van der Waals surface area contributed by atoms with Crippen LogP contribution in [-0.2, 0) is 14.8 Å². The summed E-state index contributed by atoms with van der Waals surface area (Å²) in [7, 11) is -4.04. The lowest BCUT2D eigenvalue weighted by atomic mass is 10.2. The van der Waals surface area contributed by atoms with Crippen LogP contribution in [0, 0.1) is 9.39 Å². The lowest BCUT2D eigenvalue weighted by Crippen LogP contribution is -2.29. The third kappa shape index (κ3) is 4.51. The van der Waals surface area contributed by atoms with E-state index in [-0.39, 0.29) is 26.4 Å². The minimum absolute atomic E-state index is 0.0216. The van der Waals surface area contributed by atoms with Crippen molar-refractivity contribution in [3.8, 4) is 0 Å². The second-order valence-corrected chi connectivity index (χ2v) is 11.1. The van der Waals surface area contributed by atoms with Crippen molar-refractivity contribution in [2.24, 2.45) is 4.40 Å². The Balaban J connectivity index is 2.02. The van der Waals surface area contributed by atoms with E-state index in [9.17, 15) is 17.6 Å². The van der Waals surface area contributed by atoms with Gasteiger partial charge in [0.2, 0.25) is 0 Å². The van der Waals surface area contributed by atoms with Gasteiger partial charge in [-0.05, 0) is 58.6 Å². The average Bonchev–Trinajstić information content (AvgIpc) is 3.19. The second kappa shape index (κ2) is 8.66. The molecule has 0 N–H and O–H groups in total. The highest BCUT2D eigenvalue weighted by atomic mass is 127. The Labute approximate surface area is 188 Å². The van der Waals surface area contributed by atoms with E-state index in [1.807, 2.05) is 22.6 Å². The average molecular weight is 569 g/mol. The Hall–Kier alpha value is -1.21. The molecule has 1 aromatic carbocycles. The van der Waals surface area contributed by atoms with Crippen LogP contribution in [0.4, 0.5) is 4.39 Å². The number of carbonyl (C=O) groups is 1. The van der Waals surface area contributed by atoms with Gasteiger partial charge in [0.15, 0.2) is 5.17 Å². The number of thiophene rings is 1. The van der Waals surface area contributed by atoms with Gasteiger partial charge in [-0.25, -0.2) is 4.39 Å². The van der Waals surface area contributed by atoms with Crippen LogP contribution in [0.1, 0.15) is 5.56 Å². The molecule has 5 nitrogen and oxygen atoms in total. The zero-order valence-electron chi connectivity index (χ0n) is 13.9. The minimum Gasteiger partial charge on any atom is -0.282 e. The van der Waals surface area contributed by atoms with Gasteiger partial charge in [0, 0.05) is 15.7 Å². The summed E-state index contributed by atoms with van der Waals surface area (Å²) in [5, 5.41) is -0.0216. The van der Waals surface area contributed by atoms with E-state index in [0.717, 1.165) is 23.1 Å². The van der Waals surface area contributed by atoms with Crippen LogP contribution in [0.25, 0.3) is 6.08 Å². The standard InChI is InChI=1S/C17H11ClFIN2O3S3/c1-2-8-22-16(23)12(9-10-4-3-5-11(20)15(10)19)26-17(22)21-28(24,25)14-7-6-13(18)27-14/h2-7,9H,1,8H2/b12-9-,21-17?. The van der Waals surface area contributed by atoms with Gasteiger partial charge >= 0.3 is 0 Å². The first-order chi connectivity index (χ1) is 13.2. The van der Waals surface area contributed by atoms with Crippen molar-refractivity contribution in [1.82, 2.24) is 4.90 Å². The summed E-state index contributed by atoms with van der Waals surface area (Å²) in [5.74, 6) is -0.924. The number of thioether (sulfide) groups is 1. The van der Waals surface area contributed by atoms with Crippen LogP contribution in [0.15, 0.2) is 56.5 Å². The first-order valence-electron chi connectivity index (χ1n) is 7.59. The molecule has 1 saturated heterocycles. The number of hydrogen-bond donors (Lipinski definition) is 0. The molecule has 3 rings (SSSR count). The van der Waals surface area contributed by atoms with Crippen molar-refractivity contribution in [2.75, 3.05) is 6.54 Å². The number of carbonyl (C=O) groups excluding carboxylic acids is 1. The zero-order valence-corrected chi connectivity index (χ0v) is 19.3. The first-order valence-corrected chi connectivity index (χ1v) is 12.1. The maximum atomic E-state index is 14.3. The third-order valence-corrected chi connectivity index (χ3v) is 8.39. The molecule has 0 aliphatic carbocycles. The molecule has 0 saturated carbocycles. The summed E-state index contributed by atoms with van der Waals surface area (Å²) in [6.07, 6.45) is 2.84. The molecule has 146 valence electrons. The maximum Gasteiger partial charge on any atom is 0.294 e. The highest BCUT2D eigenvalue weighted by Gasteiger charge is 2.34. The number of sulfonamides is 1. The van der Waals surface area contributed by atoms with Crippen LogP contribution in [0.2, 0.25) is 4.34 Å². The largest absolute Gasteiger partial charge is 0.294 e. The molecule has 0 atom stereocenters. The van der Waals surface area contributed by atoms with E-state index < -0.39 is 21.7 Å². The molecular formula is C17H11ClFIN2O3S3. The van der Waals surface area contributed by atoms with Gasteiger partial charge in [-0.2, -0.15) is 8.42 Å². The van der Waals surface area contributed by atoms with Crippen LogP contribution in [-0.4, -0.2) is 30.9 Å². The number of amidine groups is 1. The van der Waals surface area contributed by atoms with E-state index >= 15 is 0 Å². The quantitative estimate of drug-likeness (QED) is 0.290. The Morgan fingerprint density at radius 2 is 2.07 bits per heavy atom. The molecule has 2 heterocycles. The van der Waals surface area contributed by atoms with E-state index in [2.05, 4.69) is 11.0 Å². The smallest absolute Gasteiger partial charge is 0.282 e. The van der Waals surface area contributed by atoms with Crippen molar-refractivity contribution < 1.29 is 17.6 Å². The number of halogens is 3. The zero-order chi connectivity index (χ0) is 20.5. The van der Waals surface area contributed by atoms with Crippen molar-refractivity contribution in [2.45, 2.75) is 4.21 Å². The summed E-state index contributed by atoms with van der Waals surface area (Å²) in [5.41, 5.74) is 0.232. The predicted octanol–water partition coefficient (Wildman–Crippen LogP) is 4.99. The van der Waals surface area contributed by atoms with Gasteiger partial charge in [-0.15, -0.1) is 22.3 Å². The number of hydrogen-bond acceptors (Lipinski definition) is 5. The predicted molar refractivity (Wildman–Crippen MR) is 121 cm³/mol. The Morgan fingerprint density at radius 3 is 2.71 bits per heavy atom. The Bertz CT molecular complexity index is 1130. The molecule has 0 spiro atoms. The topological polar surface area (TPSA) is 66.8 Å². The van der Waals surface area contributed by atoms with Gasteiger partial charge < -0.3 is 0 Å². The molecule has 1 aliphatic heterocycles. The normalized spacial score (nSPS) is 17.7. The van der Waals surface area contributed by atoms with Crippen molar-refractivity contribution >= 4 is 84.5 Å². The van der Waals surface area contributed by atoms with Gasteiger partial charge in [-0.1, -0.05) is 29.8 Å². The molecular weight excluding hydrogens is 558 g/mol. The van der Waals surface area contributed by atoms with Gasteiger partial charge in [-0.3, -0.25) is 9.69 Å². The summed E-state index contributed by atoms with van der Waals surface area (Å²) >= 11 is 9.40. The molecule has 11 heteroatoms. The fraction of sp³-hybridized carbons (Fsp3) is 0.0588. The summed E-state index contributed by atoms with van der Waals surface area (Å²) in [6, 6.07) is 7.62. The van der Waals surface area contributed by atoms with Crippen molar-refractivity contribution in [3.05, 3.63) is 67.2 Å². The molecule has 2 aromatic rings. The van der Waals surface area contributed by atoms with Gasteiger partial charge in [0.05, 0.1) is 9.24 Å². The lowest BCUT2D eigenvalue weighted by Gasteiger charge is -2.12. The number of nitrogens with zero attached hydrogens (tertiary/aromatic N) is 2. The van der Waals surface area contributed by atoms with E-state index in [0.29, 0.717) is 7.91 Å². The number of rotatable bonds is 5. The summed E-state index contributed by atoms with van der Waals surface area (Å²) in [4.78, 5) is 14.1. The van der Waals surface area contributed by atoms with Crippen LogP contribution < -0.4 is 0 Å². The SMILES string of the molecule is C=CCN1C(=O)/C(=C/c2cccc(I)c2F)SC1=NS(=O)(=O)c1ccc(Cl)s1. The number of amides is 1. The maximum absolute atomic E-state index is 14.3. The van der Waals surface area contributed by atoms with E-state index in [4.69, 9.17) is 11.6 Å². The molecule has 1 aromatic heterocycles. The third-order valence-electron chi connectivity index (χ3n) is 3.47. The van der Waals surface area contributed by atoms with Gasteiger partial charge in [0.1, 0.15) is 10.0 Å². The molecule has 0 bridgehead atoms. The van der Waals surface area contributed by atoms with Crippen LogP contribution in [0.3, 0.4) is 0 Å². The molecule has 1 amide bonds. The first kappa shape index (κ1) is 21.5.